The number of hydrogen-bond donors (Lipinski definition) is 0. The molecule has 5 heteroatoms. The summed E-state index contributed by atoms with van der Waals surface area (Å²) in [5.41, 5.74) is 5.09. The molecule has 0 radical (unpaired) electrons. The minimum atomic E-state index is -0.0765. The van der Waals surface area contributed by atoms with Crippen LogP contribution in [0, 0.1) is 11.3 Å². The molecule has 0 bridgehead atoms. The average molecular weight is 469 g/mol. The van der Waals surface area contributed by atoms with Gasteiger partial charge in [0.1, 0.15) is 12.4 Å². The van der Waals surface area contributed by atoms with Gasteiger partial charge in [0, 0.05) is 11.8 Å². The Labute approximate surface area is 203 Å². The van der Waals surface area contributed by atoms with E-state index >= 15 is 0 Å². The molecule has 0 spiro atoms. The molecule has 164 valence electrons. The van der Waals surface area contributed by atoms with E-state index < -0.39 is 0 Å². The highest BCUT2D eigenvalue weighted by Gasteiger charge is 2.36. The maximum absolute atomic E-state index is 9.31. The number of pyridine rings is 1. The van der Waals surface area contributed by atoms with Crippen molar-refractivity contribution in [3.05, 3.63) is 107 Å². The normalized spacial score (nSPS) is 15.1. The first kappa shape index (κ1) is 21.9. The number of nitrogens with zero attached hydrogens (tertiary/aromatic N) is 2. The summed E-state index contributed by atoms with van der Waals surface area (Å²) in [7, 11) is 0. The highest BCUT2D eigenvalue weighted by atomic mass is 32.2. The highest BCUT2D eigenvalue weighted by Crippen LogP contribution is 2.52. The van der Waals surface area contributed by atoms with Crippen LogP contribution in [0.1, 0.15) is 28.8 Å². The molecule has 1 aromatic heterocycles. The van der Waals surface area contributed by atoms with E-state index in [9.17, 15) is 5.26 Å². The van der Waals surface area contributed by atoms with E-state index in [4.69, 9.17) is 9.72 Å². The molecule has 0 amide bonds. The van der Waals surface area contributed by atoms with Crippen molar-refractivity contribution in [1.82, 2.24) is 4.98 Å². The quantitative estimate of drug-likeness (QED) is 0.306. The molecular formula is C28H24N2OS2. The van der Waals surface area contributed by atoms with Crippen molar-refractivity contribution in [2.45, 2.75) is 23.5 Å². The Balaban J connectivity index is 1.38. The van der Waals surface area contributed by atoms with Crippen molar-refractivity contribution in [2.24, 2.45) is 0 Å². The van der Waals surface area contributed by atoms with Gasteiger partial charge in [-0.3, -0.25) is 0 Å². The van der Waals surface area contributed by atoms with Gasteiger partial charge in [0.2, 0.25) is 0 Å². The maximum Gasteiger partial charge on any atom is 0.130 e. The standard InChI is InChI=1S/C28H24N2OS2/c29-19-22-7-3-6-21(16-22)18-28(32-14-5-15-33-28)24-9-4-10-26(17-24)31-20-25-13-12-23-8-1-2-11-27(23)30-25/h1-4,6-13,16-17H,5,14-15,18,20H2. The minimum Gasteiger partial charge on any atom is -0.487 e. The van der Waals surface area contributed by atoms with Gasteiger partial charge in [-0.1, -0.05) is 48.5 Å². The Kier molecular flexibility index (Phi) is 6.57. The molecule has 2 heterocycles. The zero-order chi connectivity index (χ0) is 22.5. The number of nitriles is 1. The highest BCUT2D eigenvalue weighted by molar-refractivity contribution is 8.18. The van der Waals surface area contributed by atoms with E-state index in [1.54, 1.807) is 0 Å². The zero-order valence-corrected chi connectivity index (χ0v) is 19.9. The van der Waals surface area contributed by atoms with E-state index in [1.165, 1.54) is 17.5 Å². The average Bonchev–Trinajstić information content (AvgIpc) is 2.88. The Morgan fingerprint density at radius 2 is 1.76 bits per heavy atom. The first-order valence-corrected chi connectivity index (χ1v) is 13.1. The summed E-state index contributed by atoms with van der Waals surface area (Å²) in [5.74, 6) is 3.13. The summed E-state index contributed by atoms with van der Waals surface area (Å²) in [6.45, 7) is 0.436. The van der Waals surface area contributed by atoms with E-state index in [2.05, 4.69) is 42.5 Å². The van der Waals surface area contributed by atoms with Gasteiger partial charge >= 0.3 is 0 Å². The van der Waals surface area contributed by atoms with Crippen molar-refractivity contribution in [3.8, 4) is 11.8 Å². The molecule has 0 N–H and O–H groups in total. The predicted molar refractivity (Wildman–Crippen MR) is 139 cm³/mol. The van der Waals surface area contributed by atoms with Gasteiger partial charge in [0.15, 0.2) is 0 Å². The molecule has 1 aliphatic heterocycles. The second-order valence-corrected chi connectivity index (χ2v) is 11.2. The number of thioether (sulfide) groups is 2. The molecule has 1 fully saturated rings. The molecule has 3 aromatic carbocycles. The molecule has 0 atom stereocenters. The lowest BCUT2D eigenvalue weighted by Crippen LogP contribution is -2.25. The van der Waals surface area contributed by atoms with Crippen molar-refractivity contribution in [2.75, 3.05) is 11.5 Å². The van der Waals surface area contributed by atoms with Crippen LogP contribution in [-0.2, 0) is 17.1 Å². The number of hydrogen-bond acceptors (Lipinski definition) is 5. The van der Waals surface area contributed by atoms with Crippen LogP contribution in [0.25, 0.3) is 10.9 Å². The number of rotatable bonds is 6. The van der Waals surface area contributed by atoms with Crippen molar-refractivity contribution in [3.63, 3.8) is 0 Å². The van der Waals surface area contributed by atoms with E-state index in [-0.39, 0.29) is 4.08 Å². The number of aromatic nitrogens is 1. The third-order valence-electron chi connectivity index (χ3n) is 5.77. The smallest absolute Gasteiger partial charge is 0.130 e. The fourth-order valence-electron chi connectivity index (χ4n) is 4.13. The lowest BCUT2D eigenvalue weighted by Gasteiger charge is -2.37. The molecule has 33 heavy (non-hydrogen) atoms. The Morgan fingerprint density at radius 1 is 0.909 bits per heavy atom. The summed E-state index contributed by atoms with van der Waals surface area (Å²) < 4.78 is 6.10. The van der Waals surface area contributed by atoms with Crippen molar-refractivity contribution < 1.29 is 4.74 Å². The number of benzene rings is 3. The molecule has 0 unspecified atom stereocenters. The van der Waals surface area contributed by atoms with Crippen LogP contribution in [-0.4, -0.2) is 16.5 Å². The molecule has 0 saturated carbocycles. The Hall–Kier alpha value is -2.94. The Morgan fingerprint density at radius 3 is 2.64 bits per heavy atom. The van der Waals surface area contributed by atoms with Crippen LogP contribution in [0.2, 0.25) is 0 Å². The van der Waals surface area contributed by atoms with Gasteiger partial charge in [-0.05, 0) is 65.5 Å². The fourth-order valence-corrected chi connectivity index (χ4v) is 7.51. The third-order valence-corrected chi connectivity index (χ3v) is 9.15. The molecular weight excluding hydrogens is 444 g/mol. The number of ether oxygens (including phenoxy) is 1. The summed E-state index contributed by atoms with van der Waals surface area (Å²) >= 11 is 4.02. The minimum absolute atomic E-state index is 0.0765. The van der Waals surface area contributed by atoms with E-state index in [0.717, 1.165) is 40.3 Å². The maximum atomic E-state index is 9.31. The van der Waals surface area contributed by atoms with Gasteiger partial charge < -0.3 is 4.74 Å². The predicted octanol–water partition coefficient (Wildman–Crippen LogP) is 6.95. The Bertz CT molecular complexity index is 1310. The lowest BCUT2D eigenvalue weighted by atomic mass is 10.0. The van der Waals surface area contributed by atoms with Crippen molar-refractivity contribution in [1.29, 1.82) is 5.26 Å². The SMILES string of the molecule is N#Cc1cccc(CC2(c3cccc(OCc4ccc5ccccc5n4)c3)SCCCS2)c1. The topological polar surface area (TPSA) is 45.9 Å². The molecule has 0 aliphatic carbocycles. The van der Waals surface area contributed by atoms with E-state index in [0.29, 0.717) is 12.2 Å². The number of fused-ring (bicyclic) bond motifs is 1. The zero-order valence-electron chi connectivity index (χ0n) is 18.2. The van der Waals surface area contributed by atoms with Gasteiger partial charge in [-0.2, -0.15) is 5.26 Å². The largest absolute Gasteiger partial charge is 0.487 e. The second kappa shape index (κ2) is 9.91. The number of para-hydroxylation sites is 1. The van der Waals surface area contributed by atoms with Crippen LogP contribution < -0.4 is 4.74 Å². The van der Waals surface area contributed by atoms with Gasteiger partial charge in [-0.15, -0.1) is 23.5 Å². The first-order valence-electron chi connectivity index (χ1n) is 11.1. The van der Waals surface area contributed by atoms with Gasteiger partial charge in [0.25, 0.3) is 0 Å². The van der Waals surface area contributed by atoms with Gasteiger partial charge in [-0.25, -0.2) is 4.98 Å². The van der Waals surface area contributed by atoms with Crippen LogP contribution >= 0.6 is 23.5 Å². The van der Waals surface area contributed by atoms with Crippen LogP contribution in [0.3, 0.4) is 0 Å². The monoisotopic (exact) mass is 468 g/mol. The van der Waals surface area contributed by atoms with E-state index in [1.807, 2.05) is 72.1 Å². The molecule has 3 nitrogen and oxygen atoms in total. The fraction of sp³-hybridized carbons (Fsp3) is 0.214. The molecule has 1 saturated heterocycles. The second-order valence-electron chi connectivity index (χ2n) is 8.10. The van der Waals surface area contributed by atoms with Crippen LogP contribution in [0.4, 0.5) is 0 Å². The summed E-state index contributed by atoms with van der Waals surface area (Å²) in [6.07, 6.45) is 2.10. The molecule has 4 aromatic rings. The van der Waals surface area contributed by atoms with Gasteiger partial charge in [0.05, 0.1) is 26.9 Å². The lowest BCUT2D eigenvalue weighted by molar-refractivity contribution is 0.301. The summed E-state index contributed by atoms with van der Waals surface area (Å²) in [4.78, 5) is 4.73. The molecule has 5 rings (SSSR count). The van der Waals surface area contributed by atoms with Crippen molar-refractivity contribution >= 4 is 34.4 Å². The van der Waals surface area contributed by atoms with Crippen LogP contribution in [0.15, 0.2) is 84.9 Å². The summed E-state index contributed by atoms with van der Waals surface area (Å²) in [5, 5.41) is 10.5. The third kappa shape index (κ3) is 5.03. The summed E-state index contributed by atoms with van der Waals surface area (Å²) in [6, 6.07) is 31.0. The molecule has 1 aliphatic rings. The van der Waals surface area contributed by atoms with Crippen LogP contribution in [0.5, 0.6) is 5.75 Å². The first-order chi connectivity index (χ1) is 16.2.